The van der Waals surface area contributed by atoms with Crippen molar-refractivity contribution in [2.24, 2.45) is 0 Å². The summed E-state index contributed by atoms with van der Waals surface area (Å²) in [4.78, 5) is 31.1. The SMILES string of the molecule is CCOC(=O)C(Cc1ccc(Br)cc1)c1cccnc1.CCOC(=O)Cc1cccnc1.ClCc1ccc(Br)cc1. The number of hydrogen-bond donors (Lipinski definition) is 0. The van der Waals surface area contributed by atoms with Crippen molar-refractivity contribution in [3.63, 3.8) is 0 Å². The van der Waals surface area contributed by atoms with Gasteiger partial charge in [0.15, 0.2) is 0 Å². The van der Waals surface area contributed by atoms with E-state index in [9.17, 15) is 9.59 Å². The fraction of sp³-hybridized carbons (Fsp3) is 0.250. The van der Waals surface area contributed by atoms with Gasteiger partial charge in [-0.25, -0.2) is 0 Å². The van der Waals surface area contributed by atoms with E-state index < -0.39 is 0 Å². The smallest absolute Gasteiger partial charge is 0.313 e. The molecular weight excluding hydrogens is 672 g/mol. The molecule has 0 bridgehead atoms. The summed E-state index contributed by atoms with van der Waals surface area (Å²) < 4.78 is 12.1. The van der Waals surface area contributed by atoms with Crippen LogP contribution in [0.1, 0.15) is 42.0 Å². The summed E-state index contributed by atoms with van der Waals surface area (Å²) in [6.07, 6.45) is 7.68. The predicted molar refractivity (Wildman–Crippen MR) is 170 cm³/mol. The molecule has 0 N–H and O–H groups in total. The maximum atomic E-state index is 12.2. The van der Waals surface area contributed by atoms with Gasteiger partial charge in [-0.15, -0.1) is 11.6 Å². The Morgan fingerprint density at radius 3 is 1.80 bits per heavy atom. The Labute approximate surface area is 263 Å². The zero-order chi connectivity index (χ0) is 29.9. The Hall–Kier alpha value is -3.07. The summed E-state index contributed by atoms with van der Waals surface area (Å²) in [7, 11) is 0. The number of alkyl halides is 1. The molecule has 1 atom stereocenters. The van der Waals surface area contributed by atoms with E-state index >= 15 is 0 Å². The number of halogens is 3. The number of pyridine rings is 2. The van der Waals surface area contributed by atoms with E-state index in [0.29, 0.717) is 31.9 Å². The van der Waals surface area contributed by atoms with E-state index in [0.717, 1.165) is 31.2 Å². The van der Waals surface area contributed by atoms with Gasteiger partial charge in [0.2, 0.25) is 0 Å². The summed E-state index contributed by atoms with van der Waals surface area (Å²) in [5.74, 6) is -0.133. The monoisotopic (exact) mass is 702 g/mol. The first-order valence-corrected chi connectivity index (χ1v) is 15.1. The average molecular weight is 705 g/mol. The van der Waals surface area contributed by atoms with E-state index in [4.69, 9.17) is 21.1 Å². The first-order valence-electron chi connectivity index (χ1n) is 13.0. The number of ether oxygens (including phenoxy) is 2. The molecule has 1 unspecified atom stereocenters. The van der Waals surface area contributed by atoms with Crippen LogP contribution in [0, 0.1) is 0 Å². The van der Waals surface area contributed by atoms with Gasteiger partial charge in [-0.1, -0.05) is 68.3 Å². The maximum Gasteiger partial charge on any atom is 0.313 e. The molecular formula is C32H33Br2ClN2O4. The van der Waals surface area contributed by atoms with Gasteiger partial charge >= 0.3 is 11.9 Å². The van der Waals surface area contributed by atoms with Crippen LogP contribution in [-0.2, 0) is 37.8 Å². The molecule has 0 saturated carbocycles. The topological polar surface area (TPSA) is 78.4 Å². The Bertz CT molecular complexity index is 1290. The van der Waals surface area contributed by atoms with Gasteiger partial charge < -0.3 is 9.47 Å². The lowest BCUT2D eigenvalue weighted by Gasteiger charge is -2.15. The van der Waals surface area contributed by atoms with Gasteiger partial charge in [0.05, 0.1) is 25.6 Å². The van der Waals surface area contributed by atoms with Gasteiger partial charge in [0.1, 0.15) is 0 Å². The van der Waals surface area contributed by atoms with E-state index in [2.05, 4.69) is 41.8 Å². The minimum atomic E-state index is -0.315. The fourth-order valence-electron chi connectivity index (χ4n) is 3.47. The number of aromatic nitrogens is 2. The molecule has 41 heavy (non-hydrogen) atoms. The van der Waals surface area contributed by atoms with Crippen LogP contribution < -0.4 is 0 Å². The Morgan fingerprint density at radius 1 is 0.756 bits per heavy atom. The van der Waals surface area contributed by atoms with Crippen molar-refractivity contribution < 1.29 is 19.1 Å². The third-order valence-corrected chi connectivity index (χ3v) is 6.82. The Morgan fingerprint density at radius 2 is 1.32 bits per heavy atom. The van der Waals surface area contributed by atoms with Gasteiger partial charge in [-0.3, -0.25) is 19.6 Å². The third-order valence-electron chi connectivity index (χ3n) is 5.46. The van der Waals surface area contributed by atoms with Crippen LogP contribution in [0.4, 0.5) is 0 Å². The van der Waals surface area contributed by atoms with Crippen LogP contribution in [0.25, 0.3) is 0 Å². The van der Waals surface area contributed by atoms with Crippen molar-refractivity contribution in [3.05, 3.63) is 129 Å². The molecule has 4 rings (SSSR count). The minimum absolute atomic E-state index is 0.203. The Balaban J connectivity index is 0.000000237. The quantitative estimate of drug-likeness (QED) is 0.129. The largest absolute Gasteiger partial charge is 0.466 e. The number of carbonyl (C=O) groups excluding carboxylic acids is 2. The van der Waals surface area contributed by atoms with Crippen LogP contribution in [0.3, 0.4) is 0 Å². The van der Waals surface area contributed by atoms with Crippen LogP contribution in [0.5, 0.6) is 0 Å². The third kappa shape index (κ3) is 13.9. The molecule has 2 aromatic heterocycles. The molecule has 0 aliphatic carbocycles. The predicted octanol–water partition coefficient (Wildman–Crippen LogP) is 8.11. The second kappa shape index (κ2) is 19.9. The number of rotatable bonds is 9. The lowest BCUT2D eigenvalue weighted by molar-refractivity contribution is -0.145. The summed E-state index contributed by atoms with van der Waals surface area (Å²) in [6.45, 7) is 4.42. The van der Waals surface area contributed by atoms with Crippen molar-refractivity contribution in [1.82, 2.24) is 9.97 Å². The maximum absolute atomic E-state index is 12.2. The summed E-state index contributed by atoms with van der Waals surface area (Å²) in [5.41, 5.74) is 4.01. The van der Waals surface area contributed by atoms with Crippen LogP contribution in [-0.4, -0.2) is 35.1 Å². The van der Waals surface area contributed by atoms with Crippen molar-refractivity contribution >= 4 is 55.4 Å². The molecule has 0 fully saturated rings. The van der Waals surface area contributed by atoms with Crippen LogP contribution in [0.2, 0.25) is 0 Å². The zero-order valence-corrected chi connectivity index (χ0v) is 26.9. The van der Waals surface area contributed by atoms with Crippen molar-refractivity contribution in [2.45, 2.75) is 38.5 Å². The number of benzene rings is 2. The highest BCUT2D eigenvalue weighted by Crippen LogP contribution is 2.23. The van der Waals surface area contributed by atoms with Gasteiger partial charge in [0.25, 0.3) is 0 Å². The highest BCUT2D eigenvalue weighted by atomic mass is 79.9. The number of nitrogens with zero attached hydrogens (tertiary/aromatic N) is 2. The molecule has 0 radical (unpaired) electrons. The standard InChI is InChI=1S/C16H16BrNO2.C9H11NO2.C7H6BrCl/c1-2-20-16(19)15(13-4-3-9-18-11-13)10-12-5-7-14(17)8-6-12;1-2-12-9(11)6-8-4-3-5-10-7-8;8-7-3-1-6(5-9)2-4-7/h3-9,11,15H,2,10H2,1H3;3-5,7H,2,6H2,1H3;1-4H,5H2. The average Bonchev–Trinajstić information content (AvgIpc) is 2.99. The summed E-state index contributed by atoms with van der Waals surface area (Å²) in [6, 6.07) is 23.3. The van der Waals surface area contributed by atoms with Gasteiger partial charge in [-0.05, 0) is 78.9 Å². The first kappa shape index (κ1) is 34.1. The zero-order valence-electron chi connectivity index (χ0n) is 23.0. The van der Waals surface area contributed by atoms with Crippen molar-refractivity contribution in [3.8, 4) is 0 Å². The molecule has 2 heterocycles. The molecule has 0 aliphatic heterocycles. The highest BCUT2D eigenvalue weighted by molar-refractivity contribution is 9.10. The van der Waals surface area contributed by atoms with Crippen molar-refractivity contribution in [2.75, 3.05) is 13.2 Å². The van der Waals surface area contributed by atoms with Crippen LogP contribution in [0.15, 0.2) is 107 Å². The molecule has 4 aromatic rings. The molecule has 216 valence electrons. The molecule has 9 heteroatoms. The molecule has 0 amide bonds. The summed E-state index contributed by atoms with van der Waals surface area (Å²) in [5, 5.41) is 0. The molecule has 0 spiro atoms. The minimum Gasteiger partial charge on any atom is -0.466 e. The fourth-order valence-corrected chi connectivity index (χ4v) is 4.18. The summed E-state index contributed by atoms with van der Waals surface area (Å²) >= 11 is 12.3. The molecule has 6 nitrogen and oxygen atoms in total. The Kier molecular flexibility index (Phi) is 16.6. The van der Waals surface area contributed by atoms with Gasteiger partial charge in [-0.2, -0.15) is 0 Å². The number of esters is 2. The molecule has 2 aromatic carbocycles. The highest BCUT2D eigenvalue weighted by Gasteiger charge is 2.22. The lowest BCUT2D eigenvalue weighted by Crippen LogP contribution is -2.18. The van der Waals surface area contributed by atoms with E-state index in [-0.39, 0.29) is 17.9 Å². The van der Waals surface area contributed by atoms with E-state index in [1.165, 1.54) is 0 Å². The number of hydrogen-bond acceptors (Lipinski definition) is 6. The van der Waals surface area contributed by atoms with Crippen molar-refractivity contribution in [1.29, 1.82) is 0 Å². The van der Waals surface area contributed by atoms with E-state index in [1.54, 1.807) is 37.8 Å². The lowest BCUT2D eigenvalue weighted by atomic mass is 9.93. The first-order chi connectivity index (χ1) is 19.9. The van der Waals surface area contributed by atoms with Gasteiger partial charge in [0, 0.05) is 39.6 Å². The molecule has 0 saturated heterocycles. The van der Waals surface area contributed by atoms with Crippen LogP contribution >= 0.6 is 43.5 Å². The molecule has 0 aliphatic rings. The van der Waals surface area contributed by atoms with E-state index in [1.807, 2.05) is 73.7 Å². The second-order valence-corrected chi connectivity index (χ2v) is 10.6. The second-order valence-electron chi connectivity index (χ2n) is 8.52. The normalized spacial score (nSPS) is 10.7. The number of carbonyl (C=O) groups is 2.